The summed E-state index contributed by atoms with van der Waals surface area (Å²) in [7, 11) is -1.32. The lowest BCUT2D eigenvalue weighted by Gasteiger charge is -2.26. The van der Waals surface area contributed by atoms with Gasteiger partial charge in [-0.15, -0.1) is 0 Å². The Morgan fingerprint density at radius 1 is 1.55 bits per heavy atom. The molecule has 1 unspecified atom stereocenters. The summed E-state index contributed by atoms with van der Waals surface area (Å²) in [5.41, 5.74) is 0. The minimum Gasteiger partial charge on any atom is -0.316 e. The van der Waals surface area contributed by atoms with E-state index in [1.165, 1.54) is 0 Å². The summed E-state index contributed by atoms with van der Waals surface area (Å²) in [5, 5.41) is 3.00. The van der Waals surface area contributed by atoms with Gasteiger partial charge in [0.25, 0.3) is 0 Å². The molecule has 0 radical (unpaired) electrons. The average molecular weight is 183 g/mol. The van der Waals surface area contributed by atoms with Gasteiger partial charge < -0.3 is 5.32 Å². The Bertz CT molecular complexity index is 150. The van der Waals surface area contributed by atoms with Gasteiger partial charge in [0.2, 0.25) is 6.43 Å². The molecule has 0 bridgehead atoms. The first kappa shape index (κ1) is 9.06. The first-order valence-electron chi connectivity index (χ1n) is 3.52. The van der Waals surface area contributed by atoms with E-state index in [9.17, 15) is 13.0 Å². The molecule has 66 valence electrons. The van der Waals surface area contributed by atoms with Crippen molar-refractivity contribution in [3.05, 3.63) is 0 Å². The van der Waals surface area contributed by atoms with Crippen molar-refractivity contribution in [3.8, 4) is 0 Å². The largest absolute Gasteiger partial charge is 0.316 e. The topological polar surface area (TPSA) is 29.1 Å². The van der Waals surface area contributed by atoms with Crippen LogP contribution in [0.25, 0.3) is 0 Å². The molecule has 1 saturated heterocycles. The van der Waals surface area contributed by atoms with E-state index in [4.69, 9.17) is 0 Å². The molecule has 1 rings (SSSR count). The molecule has 5 heteroatoms. The van der Waals surface area contributed by atoms with Crippen molar-refractivity contribution in [3.63, 3.8) is 0 Å². The van der Waals surface area contributed by atoms with Gasteiger partial charge in [0.15, 0.2) is 0 Å². The normalized spacial score (nSPS) is 21.7. The van der Waals surface area contributed by atoms with Gasteiger partial charge >= 0.3 is 0 Å². The fourth-order valence-corrected chi connectivity index (χ4v) is 2.12. The molecule has 1 aliphatic rings. The molecule has 1 atom stereocenters. The van der Waals surface area contributed by atoms with Crippen molar-refractivity contribution in [2.75, 3.05) is 24.6 Å². The Morgan fingerprint density at radius 3 is 2.55 bits per heavy atom. The van der Waals surface area contributed by atoms with E-state index >= 15 is 0 Å². The number of rotatable bonds is 4. The molecule has 0 aromatic rings. The van der Waals surface area contributed by atoms with E-state index in [0.29, 0.717) is 11.7 Å². The predicted octanol–water partition coefficient (Wildman–Crippen LogP) is 0.220. The number of nitrogens with one attached hydrogen (secondary N) is 1. The molecule has 1 aliphatic heterocycles. The average Bonchev–Trinajstić information content (AvgIpc) is 1.77. The Kier molecular flexibility index (Phi) is 3.39. The highest BCUT2D eigenvalue weighted by Gasteiger charge is 2.20. The van der Waals surface area contributed by atoms with Crippen LogP contribution in [-0.4, -0.2) is 35.2 Å². The summed E-state index contributed by atoms with van der Waals surface area (Å²) in [6, 6.07) is 0. The van der Waals surface area contributed by atoms with Crippen molar-refractivity contribution in [1.82, 2.24) is 5.32 Å². The maximum absolute atomic E-state index is 11.6. The minimum absolute atomic E-state index is 0.356. The van der Waals surface area contributed by atoms with Gasteiger partial charge in [-0.3, -0.25) is 4.21 Å². The Morgan fingerprint density at radius 2 is 2.18 bits per heavy atom. The van der Waals surface area contributed by atoms with E-state index in [2.05, 4.69) is 5.32 Å². The lowest BCUT2D eigenvalue weighted by atomic mass is 10.1. The van der Waals surface area contributed by atoms with Crippen LogP contribution in [0, 0.1) is 5.92 Å². The molecule has 0 saturated carbocycles. The van der Waals surface area contributed by atoms with Gasteiger partial charge in [-0.25, -0.2) is 8.78 Å². The van der Waals surface area contributed by atoms with Crippen LogP contribution < -0.4 is 5.32 Å². The number of hydrogen-bond donors (Lipinski definition) is 1. The van der Waals surface area contributed by atoms with Crippen LogP contribution in [0.1, 0.15) is 0 Å². The fourth-order valence-electron chi connectivity index (χ4n) is 0.938. The zero-order chi connectivity index (χ0) is 8.27. The molecule has 0 aliphatic carbocycles. The van der Waals surface area contributed by atoms with Gasteiger partial charge in [-0.2, -0.15) is 0 Å². The van der Waals surface area contributed by atoms with Gasteiger partial charge in [-0.05, 0) is 5.92 Å². The standard InChI is InChI=1S/C6H11F2NOS/c7-6(8)4-11(10)3-5-1-9-2-5/h5-6,9H,1-4H2. The molecule has 1 fully saturated rings. The van der Waals surface area contributed by atoms with Crippen LogP contribution in [0.5, 0.6) is 0 Å². The molecule has 11 heavy (non-hydrogen) atoms. The van der Waals surface area contributed by atoms with Crippen molar-refractivity contribution in [2.24, 2.45) is 5.92 Å². The zero-order valence-corrected chi connectivity index (χ0v) is 6.87. The van der Waals surface area contributed by atoms with Crippen LogP contribution in [0.2, 0.25) is 0 Å². The number of alkyl halides is 2. The van der Waals surface area contributed by atoms with Crippen molar-refractivity contribution < 1.29 is 13.0 Å². The van der Waals surface area contributed by atoms with Gasteiger partial charge in [0.05, 0.1) is 5.75 Å². The summed E-state index contributed by atoms with van der Waals surface area (Å²) in [6.07, 6.45) is -2.43. The molecular weight excluding hydrogens is 172 g/mol. The molecular formula is C6H11F2NOS. The van der Waals surface area contributed by atoms with Crippen molar-refractivity contribution in [1.29, 1.82) is 0 Å². The summed E-state index contributed by atoms with van der Waals surface area (Å²) >= 11 is 0. The van der Waals surface area contributed by atoms with Crippen LogP contribution in [0.15, 0.2) is 0 Å². The summed E-state index contributed by atoms with van der Waals surface area (Å²) < 4.78 is 34.2. The highest BCUT2D eigenvalue weighted by molar-refractivity contribution is 7.85. The molecule has 1 N–H and O–H groups in total. The first-order valence-corrected chi connectivity index (χ1v) is 5.01. The Hall–Kier alpha value is -0.0300. The summed E-state index contributed by atoms with van der Waals surface area (Å²) in [5.74, 6) is 0.322. The van der Waals surface area contributed by atoms with E-state index in [-0.39, 0.29) is 0 Å². The number of hydrogen-bond acceptors (Lipinski definition) is 2. The third kappa shape index (κ3) is 3.25. The second kappa shape index (κ2) is 4.11. The second-order valence-corrected chi connectivity index (χ2v) is 4.23. The van der Waals surface area contributed by atoms with Crippen molar-refractivity contribution >= 4 is 10.8 Å². The van der Waals surface area contributed by atoms with E-state index in [0.717, 1.165) is 13.1 Å². The molecule has 2 nitrogen and oxygen atoms in total. The smallest absolute Gasteiger partial charge is 0.250 e. The zero-order valence-electron chi connectivity index (χ0n) is 6.06. The fraction of sp³-hybridized carbons (Fsp3) is 1.00. The third-order valence-electron chi connectivity index (χ3n) is 1.60. The lowest BCUT2D eigenvalue weighted by molar-refractivity contribution is 0.175. The molecule has 0 spiro atoms. The number of halogens is 2. The van der Waals surface area contributed by atoms with Gasteiger partial charge in [0, 0.05) is 29.6 Å². The van der Waals surface area contributed by atoms with Gasteiger partial charge in [-0.1, -0.05) is 0 Å². The highest BCUT2D eigenvalue weighted by Crippen LogP contribution is 2.06. The van der Waals surface area contributed by atoms with E-state index in [1.807, 2.05) is 0 Å². The highest BCUT2D eigenvalue weighted by atomic mass is 32.2. The van der Waals surface area contributed by atoms with Crippen molar-refractivity contribution in [2.45, 2.75) is 6.43 Å². The molecule has 0 aromatic heterocycles. The summed E-state index contributed by atoms with van der Waals surface area (Å²) in [6.45, 7) is 1.66. The predicted molar refractivity (Wildman–Crippen MR) is 40.2 cm³/mol. The molecule has 1 heterocycles. The second-order valence-electron chi connectivity index (χ2n) is 2.69. The Balaban J connectivity index is 2.09. The molecule has 0 amide bonds. The van der Waals surface area contributed by atoms with Crippen LogP contribution in [0.3, 0.4) is 0 Å². The lowest BCUT2D eigenvalue weighted by Crippen LogP contribution is -2.45. The van der Waals surface area contributed by atoms with Crippen LogP contribution in [0.4, 0.5) is 8.78 Å². The van der Waals surface area contributed by atoms with E-state index < -0.39 is 23.0 Å². The van der Waals surface area contributed by atoms with E-state index in [1.54, 1.807) is 0 Å². The monoisotopic (exact) mass is 183 g/mol. The summed E-state index contributed by atoms with van der Waals surface area (Å²) in [4.78, 5) is 0. The maximum Gasteiger partial charge on any atom is 0.250 e. The van der Waals surface area contributed by atoms with Crippen LogP contribution >= 0.6 is 0 Å². The maximum atomic E-state index is 11.6. The quantitative estimate of drug-likeness (QED) is 0.675. The van der Waals surface area contributed by atoms with Crippen LogP contribution in [-0.2, 0) is 10.8 Å². The molecule has 0 aromatic carbocycles. The first-order chi connectivity index (χ1) is 5.18. The SMILES string of the molecule is O=S(CC(F)F)CC1CNC1. The third-order valence-corrected chi connectivity index (χ3v) is 3.07. The Labute approximate surface area is 66.8 Å². The van der Waals surface area contributed by atoms with Gasteiger partial charge in [0.1, 0.15) is 0 Å². The minimum atomic E-state index is -2.43.